The molecule has 0 aliphatic rings. The van der Waals surface area contributed by atoms with Crippen LogP contribution in [-0.4, -0.2) is 13.0 Å². The Morgan fingerprint density at radius 3 is 2.47 bits per heavy atom. The van der Waals surface area contributed by atoms with Crippen LogP contribution in [0.25, 0.3) is 0 Å². The van der Waals surface area contributed by atoms with Crippen LogP contribution in [0.5, 0.6) is 0 Å². The van der Waals surface area contributed by atoms with Crippen molar-refractivity contribution in [2.45, 2.75) is 13.3 Å². The first-order valence-electron chi connectivity index (χ1n) is 6.02. The van der Waals surface area contributed by atoms with E-state index in [9.17, 15) is 4.79 Å². The van der Waals surface area contributed by atoms with Crippen LogP contribution in [0.4, 0.5) is 5.69 Å². The second-order valence-electron chi connectivity index (χ2n) is 4.14. The van der Waals surface area contributed by atoms with Gasteiger partial charge < -0.3 is 4.90 Å². The van der Waals surface area contributed by atoms with Gasteiger partial charge in [-0.25, -0.2) is 0 Å². The zero-order valence-corrected chi connectivity index (χ0v) is 11.7. The SMILES string of the molecule is CCc1ccc(C(=O)N(C)c2ccc(C#N)cc2)s1. The summed E-state index contributed by atoms with van der Waals surface area (Å²) in [6, 6.07) is 12.9. The summed E-state index contributed by atoms with van der Waals surface area (Å²) in [6.45, 7) is 2.07. The molecule has 19 heavy (non-hydrogen) atoms. The fourth-order valence-corrected chi connectivity index (χ4v) is 2.65. The monoisotopic (exact) mass is 270 g/mol. The molecule has 3 nitrogen and oxygen atoms in total. The molecule has 0 saturated heterocycles. The van der Waals surface area contributed by atoms with Crippen molar-refractivity contribution < 1.29 is 4.79 Å². The van der Waals surface area contributed by atoms with Gasteiger partial charge in [-0.3, -0.25) is 4.79 Å². The zero-order chi connectivity index (χ0) is 13.8. The third-order valence-electron chi connectivity index (χ3n) is 2.91. The number of thiophene rings is 1. The standard InChI is InChI=1S/C15H14N2OS/c1-3-13-8-9-14(19-13)15(18)17(2)12-6-4-11(10-16)5-7-12/h4-9H,3H2,1-2H3. The van der Waals surface area contributed by atoms with E-state index in [1.165, 1.54) is 16.2 Å². The van der Waals surface area contributed by atoms with Crippen molar-refractivity contribution in [2.24, 2.45) is 0 Å². The third-order valence-corrected chi connectivity index (χ3v) is 4.13. The minimum atomic E-state index is -0.0191. The van der Waals surface area contributed by atoms with Crippen molar-refractivity contribution in [1.29, 1.82) is 5.26 Å². The van der Waals surface area contributed by atoms with Crippen molar-refractivity contribution in [2.75, 3.05) is 11.9 Å². The average Bonchev–Trinajstić information content (AvgIpc) is 2.94. The number of anilines is 1. The number of nitrogens with zero attached hydrogens (tertiary/aromatic N) is 2. The highest BCUT2D eigenvalue weighted by Crippen LogP contribution is 2.21. The topological polar surface area (TPSA) is 44.1 Å². The fourth-order valence-electron chi connectivity index (χ4n) is 1.72. The Labute approximate surface area is 116 Å². The summed E-state index contributed by atoms with van der Waals surface area (Å²) in [5.41, 5.74) is 1.38. The third kappa shape index (κ3) is 2.83. The highest BCUT2D eigenvalue weighted by atomic mass is 32.1. The molecule has 0 fully saturated rings. The van der Waals surface area contributed by atoms with E-state index in [2.05, 4.69) is 13.0 Å². The number of benzene rings is 1. The summed E-state index contributed by atoms with van der Waals surface area (Å²) >= 11 is 1.53. The number of nitriles is 1. The second-order valence-corrected chi connectivity index (χ2v) is 5.31. The lowest BCUT2D eigenvalue weighted by molar-refractivity contribution is 0.0997. The van der Waals surface area contributed by atoms with Gasteiger partial charge in [0.1, 0.15) is 0 Å². The molecule has 0 aliphatic carbocycles. The maximum absolute atomic E-state index is 12.3. The van der Waals surface area contributed by atoms with E-state index in [4.69, 9.17) is 5.26 Å². The summed E-state index contributed by atoms with van der Waals surface area (Å²) in [7, 11) is 1.75. The maximum Gasteiger partial charge on any atom is 0.268 e. The van der Waals surface area contributed by atoms with E-state index in [1.54, 1.807) is 36.2 Å². The molecule has 4 heteroatoms. The first-order chi connectivity index (χ1) is 9.15. The van der Waals surface area contributed by atoms with Gasteiger partial charge in [-0.15, -0.1) is 11.3 Å². The predicted molar refractivity (Wildman–Crippen MR) is 77.6 cm³/mol. The molecule has 1 heterocycles. The Morgan fingerprint density at radius 2 is 1.95 bits per heavy atom. The van der Waals surface area contributed by atoms with Gasteiger partial charge >= 0.3 is 0 Å². The molecule has 1 amide bonds. The van der Waals surface area contributed by atoms with Gasteiger partial charge in [-0.05, 0) is 42.8 Å². The molecule has 0 aliphatic heterocycles. The maximum atomic E-state index is 12.3. The van der Waals surface area contributed by atoms with Crippen LogP contribution >= 0.6 is 11.3 Å². The van der Waals surface area contributed by atoms with Gasteiger partial charge in [0.15, 0.2) is 0 Å². The molecule has 96 valence electrons. The van der Waals surface area contributed by atoms with E-state index in [0.29, 0.717) is 5.56 Å². The molecule has 0 N–H and O–H groups in total. The summed E-state index contributed by atoms with van der Waals surface area (Å²) in [4.78, 5) is 15.8. The molecular weight excluding hydrogens is 256 g/mol. The summed E-state index contributed by atoms with van der Waals surface area (Å²) in [6.07, 6.45) is 0.943. The molecule has 2 aromatic rings. The number of aryl methyl sites for hydroxylation is 1. The minimum Gasteiger partial charge on any atom is -0.311 e. The minimum absolute atomic E-state index is 0.0191. The van der Waals surface area contributed by atoms with Gasteiger partial charge in [0.25, 0.3) is 5.91 Å². The Bertz CT molecular complexity index is 622. The highest BCUT2D eigenvalue weighted by molar-refractivity contribution is 7.14. The van der Waals surface area contributed by atoms with Crippen LogP contribution in [0.3, 0.4) is 0 Å². The van der Waals surface area contributed by atoms with Crippen LogP contribution < -0.4 is 4.90 Å². The van der Waals surface area contributed by atoms with Crippen molar-refractivity contribution in [1.82, 2.24) is 0 Å². The molecule has 0 unspecified atom stereocenters. The fraction of sp³-hybridized carbons (Fsp3) is 0.200. The van der Waals surface area contributed by atoms with Crippen molar-refractivity contribution >= 4 is 22.9 Å². The normalized spacial score (nSPS) is 9.95. The van der Waals surface area contributed by atoms with Gasteiger partial charge in [0.2, 0.25) is 0 Å². The molecular formula is C15H14N2OS. The van der Waals surface area contributed by atoms with Crippen LogP contribution in [0.2, 0.25) is 0 Å². The molecule has 0 saturated carbocycles. The second kappa shape index (κ2) is 5.68. The average molecular weight is 270 g/mol. The number of hydrogen-bond donors (Lipinski definition) is 0. The Morgan fingerprint density at radius 1 is 1.26 bits per heavy atom. The lowest BCUT2D eigenvalue weighted by atomic mass is 10.2. The first kappa shape index (κ1) is 13.3. The van der Waals surface area contributed by atoms with E-state index >= 15 is 0 Å². The molecule has 0 atom stereocenters. The van der Waals surface area contributed by atoms with Crippen LogP contribution in [0.15, 0.2) is 36.4 Å². The van der Waals surface area contributed by atoms with E-state index < -0.39 is 0 Å². The predicted octanol–water partition coefficient (Wildman–Crippen LogP) is 3.46. The highest BCUT2D eigenvalue weighted by Gasteiger charge is 2.15. The smallest absolute Gasteiger partial charge is 0.268 e. The van der Waals surface area contributed by atoms with Crippen LogP contribution in [-0.2, 0) is 6.42 Å². The van der Waals surface area contributed by atoms with Crippen LogP contribution in [0, 0.1) is 11.3 Å². The van der Waals surface area contributed by atoms with Gasteiger partial charge in [-0.1, -0.05) is 6.92 Å². The Kier molecular flexibility index (Phi) is 3.98. The van der Waals surface area contributed by atoms with E-state index in [-0.39, 0.29) is 5.91 Å². The first-order valence-corrected chi connectivity index (χ1v) is 6.84. The number of carbonyl (C=O) groups is 1. The summed E-state index contributed by atoms with van der Waals surface area (Å²) in [5, 5.41) is 8.76. The molecule has 0 bridgehead atoms. The number of rotatable bonds is 3. The van der Waals surface area contributed by atoms with Crippen molar-refractivity contribution in [3.63, 3.8) is 0 Å². The number of amides is 1. The quantitative estimate of drug-likeness (QED) is 0.857. The molecule has 1 aromatic heterocycles. The Balaban J connectivity index is 2.20. The van der Waals surface area contributed by atoms with Gasteiger partial charge in [0.05, 0.1) is 16.5 Å². The number of hydrogen-bond acceptors (Lipinski definition) is 3. The molecule has 1 aromatic carbocycles. The molecule has 0 spiro atoms. The number of carbonyl (C=O) groups excluding carboxylic acids is 1. The molecule has 2 rings (SSSR count). The summed E-state index contributed by atoms with van der Waals surface area (Å²) in [5.74, 6) is -0.0191. The van der Waals surface area contributed by atoms with Gasteiger partial charge in [-0.2, -0.15) is 5.26 Å². The lowest BCUT2D eigenvalue weighted by Gasteiger charge is -2.16. The van der Waals surface area contributed by atoms with E-state index in [0.717, 1.165) is 17.0 Å². The largest absolute Gasteiger partial charge is 0.311 e. The van der Waals surface area contributed by atoms with Crippen LogP contribution in [0.1, 0.15) is 27.0 Å². The van der Waals surface area contributed by atoms with Crippen molar-refractivity contribution in [3.05, 3.63) is 51.7 Å². The van der Waals surface area contributed by atoms with E-state index in [1.807, 2.05) is 12.1 Å². The van der Waals surface area contributed by atoms with Crippen molar-refractivity contribution in [3.8, 4) is 6.07 Å². The Hall–Kier alpha value is -2.12. The summed E-state index contributed by atoms with van der Waals surface area (Å²) < 4.78 is 0. The lowest BCUT2D eigenvalue weighted by Crippen LogP contribution is -2.25. The van der Waals surface area contributed by atoms with Gasteiger partial charge in [0, 0.05) is 17.6 Å². The molecule has 0 radical (unpaired) electrons. The zero-order valence-electron chi connectivity index (χ0n) is 10.9.